The summed E-state index contributed by atoms with van der Waals surface area (Å²) in [7, 11) is 0. The van der Waals surface area contributed by atoms with Gasteiger partial charge in [-0.05, 0) is 32.0 Å². The molecule has 1 atom stereocenters. The zero-order valence-electron chi connectivity index (χ0n) is 10.9. The Hall–Kier alpha value is -1.81. The molecule has 0 bridgehead atoms. The van der Waals surface area contributed by atoms with E-state index < -0.39 is 0 Å². The van der Waals surface area contributed by atoms with Gasteiger partial charge in [0.2, 0.25) is 0 Å². The third-order valence-corrected chi connectivity index (χ3v) is 2.94. The van der Waals surface area contributed by atoms with Crippen molar-refractivity contribution < 1.29 is 4.74 Å². The second-order valence-corrected chi connectivity index (χ2v) is 4.48. The lowest BCUT2D eigenvalue weighted by molar-refractivity contribution is 0.340. The zero-order valence-corrected chi connectivity index (χ0v) is 11.7. The smallest absolute Gasteiger partial charge is 0.138 e. The number of nitrogens with one attached hydrogen (secondary N) is 1. The summed E-state index contributed by atoms with van der Waals surface area (Å²) >= 11 is 6.14. The Bertz CT molecular complexity index is 533. The topological polar surface area (TPSA) is 47.0 Å². The summed E-state index contributed by atoms with van der Waals surface area (Å²) in [5.41, 5.74) is 1.80. The summed E-state index contributed by atoms with van der Waals surface area (Å²) < 4.78 is 5.40. The van der Waals surface area contributed by atoms with Crippen molar-refractivity contribution >= 4 is 17.3 Å². The van der Waals surface area contributed by atoms with E-state index in [9.17, 15) is 0 Å². The standard InChI is InChI=1S/C14H16ClN3O/c1-3-19-14-5-4-11(8-12(14)15)18-10(2)13-9-16-6-7-17-13/h4-10,18H,3H2,1-2H3. The highest BCUT2D eigenvalue weighted by Crippen LogP contribution is 2.29. The Labute approximate surface area is 117 Å². The third kappa shape index (κ3) is 3.58. The van der Waals surface area contributed by atoms with Crippen LogP contribution in [0.25, 0.3) is 0 Å². The number of ether oxygens (including phenoxy) is 1. The summed E-state index contributed by atoms with van der Waals surface area (Å²) in [6, 6.07) is 5.70. The third-order valence-electron chi connectivity index (χ3n) is 2.64. The van der Waals surface area contributed by atoms with Gasteiger partial charge in [0.05, 0.1) is 29.6 Å². The van der Waals surface area contributed by atoms with E-state index in [4.69, 9.17) is 16.3 Å². The quantitative estimate of drug-likeness (QED) is 0.905. The van der Waals surface area contributed by atoms with Gasteiger partial charge in [0, 0.05) is 18.1 Å². The van der Waals surface area contributed by atoms with Crippen LogP contribution in [-0.4, -0.2) is 16.6 Å². The molecule has 1 heterocycles. The van der Waals surface area contributed by atoms with Gasteiger partial charge in [-0.1, -0.05) is 11.6 Å². The molecule has 1 N–H and O–H groups in total. The highest BCUT2D eigenvalue weighted by Gasteiger charge is 2.08. The summed E-state index contributed by atoms with van der Waals surface area (Å²) in [4.78, 5) is 8.32. The van der Waals surface area contributed by atoms with Crippen LogP contribution in [0.15, 0.2) is 36.8 Å². The van der Waals surface area contributed by atoms with Crippen molar-refractivity contribution in [1.29, 1.82) is 0 Å². The van der Waals surface area contributed by atoms with E-state index in [-0.39, 0.29) is 6.04 Å². The van der Waals surface area contributed by atoms with Gasteiger partial charge >= 0.3 is 0 Å². The summed E-state index contributed by atoms with van der Waals surface area (Å²) in [5.74, 6) is 0.696. The molecule has 0 saturated heterocycles. The molecule has 1 unspecified atom stereocenters. The van der Waals surface area contributed by atoms with E-state index >= 15 is 0 Å². The molecular weight excluding hydrogens is 262 g/mol. The molecule has 2 aromatic rings. The van der Waals surface area contributed by atoms with E-state index in [1.807, 2.05) is 32.0 Å². The van der Waals surface area contributed by atoms with Gasteiger partial charge in [-0.25, -0.2) is 0 Å². The maximum atomic E-state index is 6.14. The molecule has 100 valence electrons. The Balaban J connectivity index is 2.09. The van der Waals surface area contributed by atoms with E-state index in [0.29, 0.717) is 17.4 Å². The maximum absolute atomic E-state index is 6.14. The van der Waals surface area contributed by atoms with Gasteiger partial charge in [0.1, 0.15) is 5.75 Å². The minimum absolute atomic E-state index is 0.0581. The molecule has 0 amide bonds. The number of rotatable bonds is 5. The van der Waals surface area contributed by atoms with E-state index in [1.54, 1.807) is 18.6 Å². The largest absolute Gasteiger partial charge is 0.492 e. The van der Waals surface area contributed by atoms with Crippen LogP contribution < -0.4 is 10.1 Å². The Morgan fingerprint density at radius 3 is 2.84 bits per heavy atom. The lowest BCUT2D eigenvalue weighted by Gasteiger charge is -2.15. The molecule has 0 spiro atoms. The molecule has 1 aromatic heterocycles. The fraction of sp³-hybridized carbons (Fsp3) is 0.286. The van der Waals surface area contributed by atoms with Crippen molar-refractivity contribution in [2.24, 2.45) is 0 Å². The van der Waals surface area contributed by atoms with Crippen molar-refractivity contribution in [1.82, 2.24) is 9.97 Å². The van der Waals surface area contributed by atoms with Gasteiger partial charge in [-0.3, -0.25) is 9.97 Å². The van der Waals surface area contributed by atoms with Crippen LogP contribution in [0, 0.1) is 0 Å². The summed E-state index contributed by atoms with van der Waals surface area (Å²) in [6.45, 7) is 4.55. The van der Waals surface area contributed by atoms with E-state index in [2.05, 4.69) is 15.3 Å². The normalized spacial score (nSPS) is 11.9. The number of hydrogen-bond acceptors (Lipinski definition) is 4. The minimum atomic E-state index is 0.0581. The average molecular weight is 278 g/mol. The average Bonchev–Trinajstić information content (AvgIpc) is 2.43. The second kappa shape index (κ2) is 6.38. The van der Waals surface area contributed by atoms with Crippen LogP contribution in [0.1, 0.15) is 25.6 Å². The molecule has 19 heavy (non-hydrogen) atoms. The molecule has 0 aliphatic rings. The molecule has 0 saturated carbocycles. The van der Waals surface area contributed by atoms with Gasteiger partial charge in [0.25, 0.3) is 0 Å². The number of nitrogens with zero attached hydrogens (tertiary/aromatic N) is 2. The van der Waals surface area contributed by atoms with Crippen molar-refractivity contribution in [3.63, 3.8) is 0 Å². The number of hydrogen-bond donors (Lipinski definition) is 1. The first-order valence-electron chi connectivity index (χ1n) is 6.15. The summed E-state index contributed by atoms with van der Waals surface area (Å²) in [5, 5.41) is 3.92. The Morgan fingerprint density at radius 2 is 2.21 bits per heavy atom. The lowest BCUT2D eigenvalue weighted by atomic mass is 10.2. The number of benzene rings is 1. The van der Waals surface area contributed by atoms with Gasteiger partial charge in [-0.15, -0.1) is 0 Å². The molecular formula is C14H16ClN3O. The highest BCUT2D eigenvalue weighted by atomic mass is 35.5. The number of aromatic nitrogens is 2. The number of halogens is 1. The molecule has 0 fully saturated rings. The fourth-order valence-electron chi connectivity index (χ4n) is 1.72. The zero-order chi connectivity index (χ0) is 13.7. The van der Waals surface area contributed by atoms with Crippen molar-refractivity contribution in [3.05, 3.63) is 47.5 Å². The molecule has 2 rings (SSSR count). The maximum Gasteiger partial charge on any atom is 0.138 e. The van der Waals surface area contributed by atoms with Crippen LogP contribution in [0.3, 0.4) is 0 Å². The first kappa shape index (κ1) is 13.6. The van der Waals surface area contributed by atoms with E-state index in [0.717, 1.165) is 11.4 Å². The predicted octanol–water partition coefficient (Wildman–Crippen LogP) is 3.70. The van der Waals surface area contributed by atoms with Crippen LogP contribution >= 0.6 is 11.6 Å². The molecule has 0 aliphatic heterocycles. The van der Waals surface area contributed by atoms with Crippen LogP contribution in [-0.2, 0) is 0 Å². The van der Waals surface area contributed by atoms with Crippen LogP contribution in [0.2, 0.25) is 5.02 Å². The Kier molecular flexibility index (Phi) is 4.58. The van der Waals surface area contributed by atoms with Crippen LogP contribution in [0.5, 0.6) is 5.75 Å². The highest BCUT2D eigenvalue weighted by molar-refractivity contribution is 6.32. The monoisotopic (exact) mass is 277 g/mol. The molecule has 1 aromatic carbocycles. The second-order valence-electron chi connectivity index (χ2n) is 4.07. The first-order chi connectivity index (χ1) is 9.20. The minimum Gasteiger partial charge on any atom is -0.492 e. The molecule has 5 heteroatoms. The van der Waals surface area contributed by atoms with Crippen molar-refractivity contribution in [2.75, 3.05) is 11.9 Å². The van der Waals surface area contributed by atoms with Crippen molar-refractivity contribution in [2.45, 2.75) is 19.9 Å². The number of anilines is 1. The van der Waals surface area contributed by atoms with Gasteiger partial charge in [-0.2, -0.15) is 0 Å². The first-order valence-corrected chi connectivity index (χ1v) is 6.53. The Morgan fingerprint density at radius 1 is 1.37 bits per heavy atom. The fourth-order valence-corrected chi connectivity index (χ4v) is 1.96. The molecule has 0 radical (unpaired) electrons. The summed E-state index contributed by atoms with van der Waals surface area (Å²) in [6.07, 6.45) is 5.08. The van der Waals surface area contributed by atoms with Crippen LogP contribution in [0.4, 0.5) is 5.69 Å². The lowest BCUT2D eigenvalue weighted by Crippen LogP contribution is -2.08. The van der Waals surface area contributed by atoms with Gasteiger partial charge < -0.3 is 10.1 Å². The molecule has 0 aliphatic carbocycles. The van der Waals surface area contributed by atoms with Gasteiger partial charge in [0.15, 0.2) is 0 Å². The predicted molar refractivity (Wildman–Crippen MR) is 76.7 cm³/mol. The molecule has 4 nitrogen and oxygen atoms in total. The van der Waals surface area contributed by atoms with Crippen molar-refractivity contribution in [3.8, 4) is 5.75 Å². The SMILES string of the molecule is CCOc1ccc(NC(C)c2cnccn2)cc1Cl. The van der Waals surface area contributed by atoms with E-state index in [1.165, 1.54) is 0 Å².